The van der Waals surface area contributed by atoms with Crippen molar-refractivity contribution in [3.8, 4) is 0 Å². The zero-order chi connectivity index (χ0) is 45.9. The van der Waals surface area contributed by atoms with Crippen molar-refractivity contribution in [2.45, 2.75) is 141 Å². The fourth-order valence-electron chi connectivity index (χ4n) is 6.48. The Balaban J connectivity index is 1.88. The van der Waals surface area contributed by atoms with Crippen molar-refractivity contribution in [1.82, 2.24) is 0 Å². The van der Waals surface area contributed by atoms with Crippen LogP contribution in [0.5, 0.6) is 0 Å². The Labute approximate surface area is 359 Å². The SMILES string of the molecule is C=CCCCCO[C@H]1O[C@H](C(=O)Nc2ccc(NC(=O)[C@H]3O[C@H](OCCCCC=C)[C@H](OC(C)=O)[C@@H](OC(C)=O)[C@@H]3OC(C)=O)cc2)[C@@H](OC(C)=O)[C@H](OC(C)=O)[C@H]1OC(C)=O. The molecule has 0 aliphatic carbocycles. The van der Waals surface area contributed by atoms with E-state index in [0.717, 1.165) is 41.5 Å². The molecule has 2 aliphatic rings. The first-order chi connectivity index (χ1) is 29.4. The first-order valence-corrected chi connectivity index (χ1v) is 20.0. The van der Waals surface area contributed by atoms with E-state index in [1.165, 1.54) is 24.3 Å². The van der Waals surface area contributed by atoms with Gasteiger partial charge >= 0.3 is 35.8 Å². The van der Waals surface area contributed by atoms with Crippen LogP contribution in [0, 0.1) is 0 Å². The minimum absolute atomic E-state index is 0.0945. The van der Waals surface area contributed by atoms with Crippen LogP contribution < -0.4 is 10.6 Å². The van der Waals surface area contributed by atoms with Gasteiger partial charge in [-0.2, -0.15) is 0 Å². The van der Waals surface area contributed by atoms with Crippen LogP contribution in [0.4, 0.5) is 11.4 Å². The lowest BCUT2D eigenvalue weighted by atomic mass is 9.97. The molecule has 1 aromatic rings. The third kappa shape index (κ3) is 16.0. The molecule has 0 unspecified atom stereocenters. The predicted molar refractivity (Wildman–Crippen MR) is 214 cm³/mol. The minimum Gasteiger partial charge on any atom is -0.455 e. The van der Waals surface area contributed by atoms with E-state index in [-0.39, 0.29) is 24.6 Å². The van der Waals surface area contributed by atoms with E-state index in [0.29, 0.717) is 38.5 Å². The van der Waals surface area contributed by atoms with E-state index in [4.69, 9.17) is 47.4 Å². The molecule has 0 aromatic heterocycles. The molecule has 2 N–H and O–H groups in total. The van der Waals surface area contributed by atoms with E-state index in [1.54, 1.807) is 12.2 Å². The first-order valence-electron chi connectivity index (χ1n) is 20.0. The van der Waals surface area contributed by atoms with Crippen LogP contribution in [0.25, 0.3) is 0 Å². The van der Waals surface area contributed by atoms with Crippen LogP contribution >= 0.6 is 0 Å². The Morgan fingerprint density at radius 2 is 0.774 bits per heavy atom. The Morgan fingerprint density at radius 1 is 0.484 bits per heavy atom. The molecule has 2 saturated heterocycles. The number of rotatable bonds is 22. The van der Waals surface area contributed by atoms with Gasteiger partial charge in [-0.3, -0.25) is 38.4 Å². The molecule has 0 bridgehead atoms. The van der Waals surface area contributed by atoms with Crippen LogP contribution in [0.3, 0.4) is 0 Å². The first kappa shape index (κ1) is 50.7. The molecule has 1 aromatic carbocycles. The second kappa shape index (κ2) is 25.3. The number of carbonyl (C=O) groups is 8. The molecule has 0 spiro atoms. The highest BCUT2D eigenvalue weighted by molar-refractivity contribution is 5.97. The summed E-state index contributed by atoms with van der Waals surface area (Å²) in [5, 5.41) is 5.25. The summed E-state index contributed by atoms with van der Waals surface area (Å²) in [6.45, 7) is 14.1. The smallest absolute Gasteiger partial charge is 0.303 e. The predicted octanol–water partition coefficient (Wildman–Crippen LogP) is 3.35. The number of amides is 2. The van der Waals surface area contributed by atoms with E-state index < -0.39 is 109 Å². The average Bonchev–Trinajstić information content (AvgIpc) is 3.18. The average molecular weight is 877 g/mol. The fourth-order valence-corrected chi connectivity index (χ4v) is 6.48. The van der Waals surface area contributed by atoms with E-state index in [1.807, 2.05) is 0 Å². The van der Waals surface area contributed by atoms with Gasteiger partial charge in [0.1, 0.15) is 0 Å². The van der Waals surface area contributed by atoms with Gasteiger partial charge in [0, 0.05) is 66.1 Å². The third-order valence-electron chi connectivity index (χ3n) is 8.91. The summed E-state index contributed by atoms with van der Waals surface area (Å²) in [5.41, 5.74) is 0.309. The van der Waals surface area contributed by atoms with Crippen molar-refractivity contribution >= 4 is 59.0 Å². The lowest BCUT2D eigenvalue weighted by molar-refractivity contribution is -0.297. The van der Waals surface area contributed by atoms with Crippen LogP contribution in [-0.2, 0) is 85.7 Å². The third-order valence-corrected chi connectivity index (χ3v) is 8.91. The monoisotopic (exact) mass is 876 g/mol. The van der Waals surface area contributed by atoms with Crippen molar-refractivity contribution in [1.29, 1.82) is 0 Å². The topological polar surface area (TPSA) is 253 Å². The molecule has 2 aliphatic heterocycles. The molecule has 20 nitrogen and oxygen atoms in total. The second-order valence-electron chi connectivity index (χ2n) is 14.2. The van der Waals surface area contributed by atoms with Crippen molar-refractivity contribution in [2.24, 2.45) is 0 Å². The molecule has 10 atom stereocenters. The van der Waals surface area contributed by atoms with Gasteiger partial charge in [0.25, 0.3) is 11.8 Å². The summed E-state index contributed by atoms with van der Waals surface area (Å²) in [7, 11) is 0. The minimum atomic E-state index is -1.66. The Kier molecular flexibility index (Phi) is 20.7. The second-order valence-corrected chi connectivity index (χ2v) is 14.2. The molecule has 2 amide bonds. The number of unbranched alkanes of at least 4 members (excludes halogenated alkanes) is 4. The fraction of sp³-hybridized carbons (Fsp3) is 0.571. The number of hydrogen-bond donors (Lipinski definition) is 2. The van der Waals surface area contributed by atoms with E-state index in [2.05, 4.69) is 23.8 Å². The standard InChI is InChI=1S/C42H56N2O18/c1-9-11-13-15-21-53-41-37(59-27(7)49)33(57-25(5)47)31(55-23(3)45)35(61-41)39(51)43-29-17-19-30(20-18-29)44-40(52)36-32(56-24(4)46)34(58-26(6)48)38(60-28(8)50)42(62-36)54-22-16-14-12-10-2/h9-10,17-20,31-38,41-42H,1-2,11-16,21-22H2,3-8H3,(H,43,51)(H,44,52)/t31-,32-,33-,34-,35-,36-,37+,38+,41-,42-/m0/s1. The van der Waals surface area contributed by atoms with Gasteiger partial charge in [0.15, 0.2) is 61.4 Å². The number of ether oxygens (including phenoxy) is 10. The summed E-state index contributed by atoms with van der Waals surface area (Å²) in [5.74, 6) is -6.72. The largest absolute Gasteiger partial charge is 0.455 e. The van der Waals surface area contributed by atoms with Gasteiger partial charge in [0.2, 0.25) is 0 Å². The number of allylic oxidation sites excluding steroid dienone is 2. The highest BCUT2D eigenvalue weighted by atomic mass is 16.7. The lowest BCUT2D eigenvalue weighted by Gasteiger charge is -2.43. The number of carbonyl (C=O) groups excluding carboxylic acids is 8. The Morgan fingerprint density at radius 3 is 1.06 bits per heavy atom. The van der Waals surface area contributed by atoms with Crippen molar-refractivity contribution in [3.05, 3.63) is 49.6 Å². The molecule has 0 radical (unpaired) electrons. The maximum atomic E-state index is 13.9. The molecule has 3 rings (SSSR count). The number of anilines is 2. The van der Waals surface area contributed by atoms with Crippen molar-refractivity contribution in [2.75, 3.05) is 23.8 Å². The number of nitrogens with one attached hydrogen (secondary N) is 2. The van der Waals surface area contributed by atoms with Crippen LogP contribution in [0.2, 0.25) is 0 Å². The van der Waals surface area contributed by atoms with Crippen LogP contribution in [0.1, 0.15) is 80.1 Å². The summed E-state index contributed by atoms with van der Waals surface area (Å²) in [6.07, 6.45) is -7.95. The van der Waals surface area contributed by atoms with Gasteiger partial charge in [-0.25, -0.2) is 0 Å². The van der Waals surface area contributed by atoms with Gasteiger partial charge in [-0.15, -0.1) is 13.2 Å². The van der Waals surface area contributed by atoms with Gasteiger partial charge in [0.05, 0.1) is 0 Å². The van der Waals surface area contributed by atoms with Gasteiger partial charge in [-0.05, 0) is 62.8 Å². The molecule has 0 saturated carbocycles. The number of benzene rings is 1. The van der Waals surface area contributed by atoms with E-state index >= 15 is 0 Å². The summed E-state index contributed by atoms with van der Waals surface area (Å²) in [6, 6.07) is 5.59. The molecule has 342 valence electrons. The highest BCUT2D eigenvalue weighted by Crippen LogP contribution is 2.33. The molecule has 20 heteroatoms. The molecule has 2 fully saturated rings. The quantitative estimate of drug-likeness (QED) is 0.0733. The molecule has 62 heavy (non-hydrogen) atoms. The summed E-state index contributed by atoms with van der Waals surface area (Å²) < 4.78 is 56.3. The normalized spacial score (nSPS) is 25.5. The van der Waals surface area contributed by atoms with E-state index in [9.17, 15) is 38.4 Å². The zero-order valence-corrected chi connectivity index (χ0v) is 35.7. The zero-order valence-electron chi connectivity index (χ0n) is 35.7. The highest BCUT2D eigenvalue weighted by Gasteiger charge is 2.56. The Bertz CT molecular complexity index is 1630. The number of hydrogen-bond acceptors (Lipinski definition) is 18. The molecular formula is C42H56N2O18. The Hall–Kier alpha value is -5.70. The van der Waals surface area contributed by atoms with Crippen LogP contribution in [0.15, 0.2) is 49.6 Å². The maximum absolute atomic E-state index is 13.9. The number of esters is 6. The van der Waals surface area contributed by atoms with Crippen LogP contribution in [-0.4, -0.2) is 122 Å². The summed E-state index contributed by atoms with van der Waals surface area (Å²) in [4.78, 5) is 101. The maximum Gasteiger partial charge on any atom is 0.303 e. The van der Waals surface area contributed by atoms with Gasteiger partial charge in [-0.1, -0.05) is 12.2 Å². The van der Waals surface area contributed by atoms with Crippen molar-refractivity contribution < 1.29 is 85.7 Å². The molecule has 2 heterocycles. The molecular weight excluding hydrogens is 820 g/mol. The van der Waals surface area contributed by atoms with Crippen molar-refractivity contribution in [3.63, 3.8) is 0 Å². The van der Waals surface area contributed by atoms with Gasteiger partial charge < -0.3 is 58.0 Å². The lowest BCUT2D eigenvalue weighted by Crippen LogP contribution is -2.64. The summed E-state index contributed by atoms with van der Waals surface area (Å²) >= 11 is 0.